The van der Waals surface area contributed by atoms with Crippen LogP contribution in [0, 0.1) is 0 Å². The third kappa shape index (κ3) is 2.14. The number of carbonyl (C=O) groups excluding carboxylic acids is 2. The predicted octanol–water partition coefficient (Wildman–Crippen LogP) is 1.87. The van der Waals surface area contributed by atoms with Crippen LogP contribution in [-0.4, -0.2) is 30.3 Å². The molecule has 0 aliphatic carbocycles. The van der Waals surface area contributed by atoms with Gasteiger partial charge in [-0.2, -0.15) is 0 Å². The van der Waals surface area contributed by atoms with Gasteiger partial charge in [-0.25, -0.2) is 0 Å². The molecule has 0 saturated carbocycles. The zero-order valence-electron chi connectivity index (χ0n) is 11.5. The van der Waals surface area contributed by atoms with Gasteiger partial charge in [0.05, 0.1) is 0 Å². The fourth-order valence-electron chi connectivity index (χ4n) is 3.50. The second-order valence-corrected chi connectivity index (χ2v) is 5.88. The van der Waals surface area contributed by atoms with Crippen molar-refractivity contribution in [1.29, 1.82) is 0 Å². The lowest BCUT2D eigenvalue weighted by atomic mass is 9.95. The smallest absolute Gasteiger partial charge is 0.251 e. The largest absolute Gasteiger partial charge is 0.453 e. The van der Waals surface area contributed by atoms with E-state index in [1.165, 1.54) is 6.42 Å². The number of furan rings is 1. The molecule has 3 heterocycles. The highest BCUT2D eigenvalue weighted by molar-refractivity contribution is 5.98. The Morgan fingerprint density at radius 2 is 2.24 bits per heavy atom. The van der Waals surface area contributed by atoms with Gasteiger partial charge in [-0.15, -0.1) is 0 Å². The van der Waals surface area contributed by atoms with E-state index in [0.717, 1.165) is 18.2 Å². The van der Waals surface area contributed by atoms with Gasteiger partial charge in [0.1, 0.15) is 5.58 Å². The van der Waals surface area contributed by atoms with Crippen LogP contribution in [0.15, 0.2) is 28.7 Å². The van der Waals surface area contributed by atoms with Crippen LogP contribution in [0.3, 0.4) is 0 Å². The molecule has 0 spiro atoms. The summed E-state index contributed by atoms with van der Waals surface area (Å²) in [6.45, 7) is 0. The van der Waals surface area contributed by atoms with E-state index in [0.29, 0.717) is 29.5 Å². The Morgan fingerprint density at radius 1 is 1.33 bits per heavy atom. The molecular weight excluding hydrogens is 268 g/mol. The van der Waals surface area contributed by atoms with Gasteiger partial charge in [0.15, 0.2) is 12.0 Å². The Bertz CT molecular complexity index is 721. The van der Waals surface area contributed by atoms with Crippen molar-refractivity contribution in [3.05, 3.63) is 35.6 Å². The quantitative estimate of drug-likeness (QED) is 0.844. The zero-order valence-corrected chi connectivity index (χ0v) is 11.5. The molecule has 21 heavy (non-hydrogen) atoms. The molecule has 2 aliphatic heterocycles. The summed E-state index contributed by atoms with van der Waals surface area (Å²) in [4.78, 5) is 23.1. The minimum atomic E-state index is -0.0647. The van der Waals surface area contributed by atoms with Gasteiger partial charge in [-0.1, -0.05) is 0 Å². The molecule has 2 fully saturated rings. The maximum atomic E-state index is 12.4. The van der Waals surface area contributed by atoms with Crippen molar-refractivity contribution in [2.75, 3.05) is 0 Å². The summed E-state index contributed by atoms with van der Waals surface area (Å²) in [7, 11) is 0. The zero-order chi connectivity index (χ0) is 14.4. The van der Waals surface area contributed by atoms with Crippen LogP contribution in [0.5, 0.6) is 0 Å². The fourth-order valence-corrected chi connectivity index (χ4v) is 3.50. The Balaban J connectivity index is 1.54. The number of aldehydes is 1. The average molecular weight is 284 g/mol. The molecule has 3 atom stereocenters. The van der Waals surface area contributed by atoms with E-state index >= 15 is 0 Å². The molecule has 1 aromatic heterocycles. The lowest BCUT2D eigenvalue weighted by Crippen LogP contribution is -2.42. The molecule has 4 rings (SSSR count). The van der Waals surface area contributed by atoms with Gasteiger partial charge in [-0.3, -0.25) is 9.59 Å². The summed E-state index contributed by atoms with van der Waals surface area (Å²) < 4.78 is 5.32. The minimum Gasteiger partial charge on any atom is -0.453 e. The van der Waals surface area contributed by atoms with Gasteiger partial charge in [0.2, 0.25) is 0 Å². The first-order valence-electron chi connectivity index (χ1n) is 7.28. The lowest BCUT2D eigenvalue weighted by Gasteiger charge is -2.21. The van der Waals surface area contributed by atoms with Gasteiger partial charge >= 0.3 is 0 Å². The molecule has 1 amide bonds. The molecule has 0 unspecified atom stereocenters. The van der Waals surface area contributed by atoms with E-state index in [-0.39, 0.29) is 17.7 Å². The molecule has 2 aliphatic rings. The maximum Gasteiger partial charge on any atom is 0.251 e. The van der Waals surface area contributed by atoms with Crippen LogP contribution < -0.4 is 10.6 Å². The number of amides is 1. The summed E-state index contributed by atoms with van der Waals surface area (Å²) in [5.74, 6) is 0.213. The number of nitrogens with one attached hydrogen (secondary N) is 2. The SMILES string of the molecule is O=Cc1cc2cc(C(=O)N[C@@H]3C[C@H]4CC[C@@H]3N4)ccc2o1. The summed E-state index contributed by atoms with van der Waals surface area (Å²) in [6.07, 6.45) is 4.03. The van der Waals surface area contributed by atoms with Crippen molar-refractivity contribution < 1.29 is 14.0 Å². The molecule has 2 N–H and O–H groups in total. The average Bonchev–Trinajstić information content (AvgIpc) is 3.20. The third-order valence-electron chi connectivity index (χ3n) is 4.53. The van der Waals surface area contributed by atoms with Crippen LogP contribution in [0.2, 0.25) is 0 Å². The van der Waals surface area contributed by atoms with Gasteiger partial charge in [-0.05, 0) is 43.5 Å². The van der Waals surface area contributed by atoms with Crippen LogP contribution >= 0.6 is 0 Å². The standard InChI is InChI=1S/C16H16N2O3/c19-8-12-6-10-5-9(1-4-15(10)21-12)16(20)18-14-7-11-2-3-13(14)17-11/h1,4-6,8,11,13-14,17H,2-3,7H2,(H,18,20)/t11-,13+,14-/m1/s1. The number of hydrogen-bond acceptors (Lipinski definition) is 4. The molecule has 2 saturated heterocycles. The van der Waals surface area contributed by atoms with Gasteiger partial charge < -0.3 is 15.1 Å². The van der Waals surface area contributed by atoms with E-state index in [1.54, 1.807) is 24.3 Å². The summed E-state index contributed by atoms with van der Waals surface area (Å²) in [6, 6.07) is 8.08. The first kappa shape index (κ1) is 12.6. The van der Waals surface area contributed by atoms with Crippen LogP contribution in [0.1, 0.15) is 40.2 Å². The molecule has 2 bridgehead atoms. The summed E-state index contributed by atoms with van der Waals surface area (Å²) >= 11 is 0. The minimum absolute atomic E-state index is 0.0647. The van der Waals surface area contributed by atoms with E-state index in [1.807, 2.05) is 0 Å². The van der Waals surface area contributed by atoms with Crippen molar-refractivity contribution in [2.45, 2.75) is 37.4 Å². The second kappa shape index (κ2) is 4.70. The fraction of sp³-hybridized carbons (Fsp3) is 0.375. The van der Waals surface area contributed by atoms with Crippen molar-refractivity contribution in [2.24, 2.45) is 0 Å². The molecule has 5 nitrogen and oxygen atoms in total. The number of hydrogen-bond donors (Lipinski definition) is 2. The van der Waals surface area contributed by atoms with Gasteiger partial charge in [0.25, 0.3) is 5.91 Å². The first-order chi connectivity index (χ1) is 10.2. The third-order valence-corrected chi connectivity index (χ3v) is 4.53. The number of rotatable bonds is 3. The Hall–Kier alpha value is -2.14. The van der Waals surface area contributed by atoms with Crippen molar-refractivity contribution in [1.82, 2.24) is 10.6 Å². The van der Waals surface area contributed by atoms with E-state index in [2.05, 4.69) is 10.6 Å². The Labute approximate surface area is 121 Å². The van der Waals surface area contributed by atoms with E-state index in [9.17, 15) is 9.59 Å². The topological polar surface area (TPSA) is 71.3 Å². The molecule has 1 aromatic carbocycles. The van der Waals surface area contributed by atoms with E-state index in [4.69, 9.17) is 4.42 Å². The number of fused-ring (bicyclic) bond motifs is 3. The van der Waals surface area contributed by atoms with Crippen LogP contribution in [-0.2, 0) is 0 Å². The molecule has 0 radical (unpaired) electrons. The van der Waals surface area contributed by atoms with Crippen molar-refractivity contribution >= 4 is 23.2 Å². The summed E-state index contributed by atoms with van der Waals surface area (Å²) in [5, 5.41) is 7.39. The highest BCUT2D eigenvalue weighted by Crippen LogP contribution is 2.28. The van der Waals surface area contributed by atoms with Gasteiger partial charge in [0, 0.05) is 29.1 Å². The lowest BCUT2D eigenvalue weighted by molar-refractivity contribution is 0.0931. The Kier molecular flexibility index (Phi) is 2.82. The maximum absolute atomic E-state index is 12.4. The number of benzene rings is 1. The first-order valence-corrected chi connectivity index (χ1v) is 7.28. The van der Waals surface area contributed by atoms with E-state index < -0.39 is 0 Å². The van der Waals surface area contributed by atoms with Crippen LogP contribution in [0.25, 0.3) is 11.0 Å². The number of carbonyl (C=O) groups is 2. The van der Waals surface area contributed by atoms with Crippen molar-refractivity contribution in [3.8, 4) is 0 Å². The molecule has 5 heteroatoms. The predicted molar refractivity (Wildman–Crippen MR) is 77.4 cm³/mol. The highest BCUT2D eigenvalue weighted by atomic mass is 16.3. The highest BCUT2D eigenvalue weighted by Gasteiger charge is 2.39. The van der Waals surface area contributed by atoms with Crippen LogP contribution in [0.4, 0.5) is 0 Å². The molecular formula is C16H16N2O3. The second-order valence-electron chi connectivity index (χ2n) is 5.88. The summed E-state index contributed by atoms with van der Waals surface area (Å²) in [5.41, 5.74) is 1.22. The molecule has 108 valence electrons. The normalized spacial score (nSPS) is 27.1. The van der Waals surface area contributed by atoms with Crippen molar-refractivity contribution in [3.63, 3.8) is 0 Å². The Morgan fingerprint density at radius 3 is 2.95 bits per heavy atom. The molecule has 2 aromatic rings. The monoisotopic (exact) mass is 284 g/mol.